The maximum Gasteiger partial charge on any atom is 0.255 e. The minimum atomic E-state index is 0.545. The van der Waals surface area contributed by atoms with Gasteiger partial charge in [-0.25, -0.2) is 4.98 Å². The van der Waals surface area contributed by atoms with E-state index in [4.69, 9.17) is 20.8 Å². The molecular weight excluding hydrogens is 198 g/mol. The highest BCUT2D eigenvalue weighted by Gasteiger charge is 1.96. The summed E-state index contributed by atoms with van der Waals surface area (Å²) >= 11 is 6.95. The van der Waals surface area contributed by atoms with Gasteiger partial charge in [-0.2, -0.15) is 0 Å². The first-order chi connectivity index (χ1) is 5.93. The molecule has 3 nitrogen and oxygen atoms in total. The minimum absolute atomic E-state index is 0.545. The number of oxazole rings is 1. The zero-order chi connectivity index (χ0) is 8.65. The molecule has 0 saturated heterocycles. The molecule has 68 valence electrons. The molecule has 0 amide bonds. The van der Waals surface area contributed by atoms with Gasteiger partial charge in [-0.15, -0.1) is 11.6 Å². The van der Waals surface area contributed by atoms with Gasteiger partial charge >= 0.3 is 0 Å². The van der Waals surface area contributed by atoms with Gasteiger partial charge in [0, 0.05) is 11.6 Å². The quantitative estimate of drug-likeness (QED) is 0.406. The van der Waals surface area contributed by atoms with E-state index >= 15 is 0 Å². The summed E-state index contributed by atoms with van der Waals surface area (Å²) in [4.78, 5) is 3.95. The summed E-state index contributed by atoms with van der Waals surface area (Å²) < 4.78 is 10.2. The van der Waals surface area contributed by atoms with Gasteiger partial charge in [0.05, 0.1) is 19.4 Å². The first-order valence-electron chi connectivity index (χ1n) is 3.59. The Balaban J connectivity index is 1.96. The third kappa shape index (κ3) is 3.99. The van der Waals surface area contributed by atoms with E-state index in [1.807, 2.05) is 0 Å². The first kappa shape index (κ1) is 9.89. The highest BCUT2D eigenvalue weighted by molar-refractivity contribution is 7.99. The number of alkyl halides is 1. The summed E-state index contributed by atoms with van der Waals surface area (Å²) in [5.74, 6) is 1.39. The topological polar surface area (TPSA) is 35.3 Å². The third-order valence-corrected chi connectivity index (χ3v) is 2.06. The summed E-state index contributed by atoms with van der Waals surface area (Å²) in [5, 5.41) is 0.685. The van der Waals surface area contributed by atoms with Crippen LogP contribution in [0.15, 0.2) is 22.1 Å². The maximum atomic E-state index is 5.42. The monoisotopic (exact) mass is 207 g/mol. The number of thioether (sulfide) groups is 1. The van der Waals surface area contributed by atoms with Crippen LogP contribution >= 0.6 is 23.4 Å². The fraction of sp³-hybridized carbons (Fsp3) is 0.571. The van der Waals surface area contributed by atoms with Crippen molar-refractivity contribution in [3.63, 3.8) is 0 Å². The molecule has 0 aliphatic rings. The fourth-order valence-corrected chi connectivity index (χ4v) is 1.37. The van der Waals surface area contributed by atoms with Crippen LogP contribution in [0.25, 0.3) is 0 Å². The molecule has 0 bridgehead atoms. The van der Waals surface area contributed by atoms with Gasteiger partial charge in [0.25, 0.3) is 5.22 Å². The normalized spacial score (nSPS) is 10.4. The van der Waals surface area contributed by atoms with Crippen molar-refractivity contribution in [1.82, 2.24) is 4.98 Å². The van der Waals surface area contributed by atoms with Gasteiger partial charge in [0.15, 0.2) is 0 Å². The lowest BCUT2D eigenvalue weighted by atomic mass is 10.8. The summed E-state index contributed by atoms with van der Waals surface area (Å²) in [5.41, 5.74) is 0. The molecule has 1 heterocycles. The van der Waals surface area contributed by atoms with E-state index in [0.29, 0.717) is 24.3 Å². The number of hydrogen-bond acceptors (Lipinski definition) is 4. The zero-order valence-corrected chi connectivity index (χ0v) is 8.11. The molecule has 5 heteroatoms. The minimum Gasteiger partial charge on any atom is -0.440 e. The van der Waals surface area contributed by atoms with Crippen LogP contribution in [0, 0.1) is 0 Å². The Morgan fingerprint density at radius 2 is 2.50 bits per heavy atom. The second-order valence-electron chi connectivity index (χ2n) is 1.95. The lowest BCUT2D eigenvalue weighted by Gasteiger charge is -1.98. The summed E-state index contributed by atoms with van der Waals surface area (Å²) in [6.45, 7) is 1.29. The summed E-state index contributed by atoms with van der Waals surface area (Å²) in [6, 6.07) is 0. The van der Waals surface area contributed by atoms with Crippen LogP contribution in [0.5, 0.6) is 0 Å². The molecule has 0 N–H and O–H groups in total. The molecule has 0 aliphatic heterocycles. The van der Waals surface area contributed by atoms with Crippen LogP contribution in [-0.4, -0.2) is 29.8 Å². The standard InChI is InChI=1S/C7H10ClNO2S/c8-1-3-10-5-6-12-7-9-2-4-11-7/h2,4H,1,3,5-6H2. The predicted molar refractivity (Wildman–Crippen MR) is 48.8 cm³/mol. The highest BCUT2D eigenvalue weighted by Crippen LogP contribution is 2.13. The molecule has 0 radical (unpaired) electrons. The van der Waals surface area contributed by atoms with Crippen molar-refractivity contribution < 1.29 is 9.15 Å². The van der Waals surface area contributed by atoms with Crippen LogP contribution in [0.3, 0.4) is 0 Å². The second-order valence-corrected chi connectivity index (χ2v) is 3.37. The summed E-state index contributed by atoms with van der Waals surface area (Å²) in [6.07, 6.45) is 3.18. The number of aromatic nitrogens is 1. The van der Waals surface area contributed by atoms with E-state index in [-0.39, 0.29) is 0 Å². The van der Waals surface area contributed by atoms with Crippen molar-refractivity contribution in [2.75, 3.05) is 24.8 Å². The van der Waals surface area contributed by atoms with Crippen LogP contribution in [0.4, 0.5) is 0 Å². The van der Waals surface area contributed by atoms with Gasteiger partial charge in [-0.1, -0.05) is 11.8 Å². The van der Waals surface area contributed by atoms with Crippen molar-refractivity contribution >= 4 is 23.4 Å². The van der Waals surface area contributed by atoms with Gasteiger partial charge < -0.3 is 9.15 Å². The molecule has 0 aromatic carbocycles. The van der Waals surface area contributed by atoms with Crippen molar-refractivity contribution in [3.8, 4) is 0 Å². The highest BCUT2D eigenvalue weighted by atomic mass is 35.5. The Kier molecular flexibility index (Phi) is 5.23. The molecule has 0 spiro atoms. The number of nitrogens with zero attached hydrogens (tertiary/aromatic N) is 1. The summed E-state index contributed by atoms with van der Waals surface area (Å²) in [7, 11) is 0. The average Bonchev–Trinajstić information content (AvgIpc) is 2.57. The Bertz CT molecular complexity index is 193. The van der Waals surface area contributed by atoms with Crippen molar-refractivity contribution in [3.05, 3.63) is 12.5 Å². The molecule has 1 aromatic heterocycles. The Morgan fingerprint density at radius 1 is 1.58 bits per heavy atom. The number of ether oxygens (including phenoxy) is 1. The molecule has 0 fully saturated rings. The van der Waals surface area contributed by atoms with Crippen LogP contribution in [0.1, 0.15) is 0 Å². The largest absolute Gasteiger partial charge is 0.440 e. The predicted octanol–water partition coefficient (Wildman–Crippen LogP) is 2.02. The van der Waals surface area contributed by atoms with Crippen molar-refractivity contribution in [1.29, 1.82) is 0 Å². The zero-order valence-electron chi connectivity index (χ0n) is 6.53. The molecular formula is C7H10ClNO2S. The Hall–Kier alpha value is -0.190. The number of hydrogen-bond donors (Lipinski definition) is 0. The number of halogens is 1. The van der Waals surface area contributed by atoms with Gasteiger partial charge in [0.1, 0.15) is 6.26 Å². The molecule has 12 heavy (non-hydrogen) atoms. The second kappa shape index (κ2) is 6.34. The molecule has 0 saturated carbocycles. The smallest absolute Gasteiger partial charge is 0.255 e. The fourth-order valence-electron chi connectivity index (χ4n) is 0.626. The Labute approximate surface area is 80.4 Å². The van der Waals surface area contributed by atoms with E-state index in [9.17, 15) is 0 Å². The lowest BCUT2D eigenvalue weighted by Crippen LogP contribution is -1.99. The van der Waals surface area contributed by atoms with Gasteiger partial charge in [0.2, 0.25) is 0 Å². The lowest BCUT2D eigenvalue weighted by molar-refractivity contribution is 0.166. The van der Waals surface area contributed by atoms with Gasteiger partial charge in [-0.05, 0) is 0 Å². The van der Waals surface area contributed by atoms with Crippen molar-refractivity contribution in [2.45, 2.75) is 5.22 Å². The molecule has 1 rings (SSSR count). The SMILES string of the molecule is ClCCOCCSc1ncco1. The molecule has 1 aromatic rings. The van der Waals surface area contributed by atoms with E-state index in [0.717, 1.165) is 5.75 Å². The molecule has 0 unspecified atom stereocenters. The van der Waals surface area contributed by atoms with E-state index in [2.05, 4.69) is 4.98 Å². The van der Waals surface area contributed by atoms with Crippen LogP contribution in [0.2, 0.25) is 0 Å². The Morgan fingerprint density at radius 3 is 3.17 bits per heavy atom. The van der Waals surface area contributed by atoms with Crippen molar-refractivity contribution in [2.24, 2.45) is 0 Å². The van der Waals surface area contributed by atoms with E-state index < -0.39 is 0 Å². The van der Waals surface area contributed by atoms with Crippen LogP contribution in [-0.2, 0) is 4.74 Å². The van der Waals surface area contributed by atoms with E-state index in [1.54, 1.807) is 12.5 Å². The molecule has 0 aliphatic carbocycles. The number of rotatable bonds is 6. The molecule has 0 atom stereocenters. The third-order valence-electron chi connectivity index (χ3n) is 1.08. The maximum absolute atomic E-state index is 5.42. The first-order valence-corrected chi connectivity index (χ1v) is 5.11. The van der Waals surface area contributed by atoms with Gasteiger partial charge in [-0.3, -0.25) is 0 Å². The average molecular weight is 208 g/mol. The van der Waals surface area contributed by atoms with E-state index in [1.165, 1.54) is 11.8 Å². The van der Waals surface area contributed by atoms with Crippen LogP contribution < -0.4 is 0 Å².